The second-order valence-corrected chi connectivity index (χ2v) is 6.80. The third-order valence-electron chi connectivity index (χ3n) is 4.42. The molecule has 0 fully saturated rings. The molecule has 1 atom stereocenters. The number of fused-ring (bicyclic) bond motifs is 1. The predicted molar refractivity (Wildman–Crippen MR) is 110 cm³/mol. The van der Waals surface area contributed by atoms with Crippen LogP contribution in [-0.4, -0.2) is 30.3 Å². The third-order valence-corrected chi connectivity index (χ3v) is 4.42. The minimum absolute atomic E-state index is 0.0594. The molecule has 0 saturated heterocycles. The molecule has 0 spiro atoms. The average molecular weight is 396 g/mol. The van der Waals surface area contributed by atoms with Crippen molar-refractivity contribution in [2.75, 3.05) is 17.2 Å². The van der Waals surface area contributed by atoms with E-state index in [0.717, 1.165) is 12.2 Å². The summed E-state index contributed by atoms with van der Waals surface area (Å²) in [4.78, 5) is 36.2. The van der Waals surface area contributed by atoms with Crippen LogP contribution in [0.25, 0.3) is 0 Å². The molecule has 0 unspecified atom stereocenters. The summed E-state index contributed by atoms with van der Waals surface area (Å²) in [7, 11) is 0. The van der Waals surface area contributed by atoms with Crippen molar-refractivity contribution in [3.63, 3.8) is 0 Å². The SMILES string of the molecule is CCCOc1ccc(C(=O)CCC(=O)Nc2ccc3c(c2)NC(=O)[C@H](C)O3)cc1. The molecule has 0 aromatic heterocycles. The van der Waals surface area contributed by atoms with Crippen LogP contribution in [0.1, 0.15) is 43.5 Å². The molecule has 0 bridgehead atoms. The number of carbonyl (C=O) groups excluding carboxylic acids is 3. The van der Waals surface area contributed by atoms with Crippen molar-refractivity contribution in [2.45, 2.75) is 39.2 Å². The monoisotopic (exact) mass is 396 g/mol. The Morgan fingerprint density at radius 1 is 1.14 bits per heavy atom. The first-order chi connectivity index (χ1) is 14.0. The smallest absolute Gasteiger partial charge is 0.265 e. The van der Waals surface area contributed by atoms with Crippen LogP contribution in [0.4, 0.5) is 11.4 Å². The maximum atomic E-state index is 12.3. The Balaban J connectivity index is 1.51. The lowest BCUT2D eigenvalue weighted by Crippen LogP contribution is -2.34. The number of carbonyl (C=O) groups is 3. The Hall–Kier alpha value is -3.35. The number of benzene rings is 2. The number of hydrogen-bond acceptors (Lipinski definition) is 5. The number of ketones is 1. The van der Waals surface area contributed by atoms with Crippen LogP contribution in [0.2, 0.25) is 0 Å². The van der Waals surface area contributed by atoms with Crippen molar-refractivity contribution in [3.8, 4) is 11.5 Å². The van der Waals surface area contributed by atoms with Gasteiger partial charge < -0.3 is 20.1 Å². The van der Waals surface area contributed by atoms with E-state index in [-0.39, 0.29) is 30.4 Å². The lowest BCUT2D eigenvalue weighted by Gasteiger charge is -2.23. The van der Waals surface area contributed by atoms with Gasteiger partial charge in [-0.05, 0) is 55.8 Å². The van der Waals surface area contributed by atoms with Gasteiger partial charge in [0.1, 0.15) is 11.5 Å². The Bertz CT molecular complexity index is 908. The number of nitrogens with one attached hydrogen (secondary N) is 2. The molecule has 152 valence electrons. The maximum Gasteiger partial charge on any atom is 0.265 e. The Morgan fingerprint density at radius 3 is 2.62 bits per heavy atom. The summed E-state index contributed by atoms with van der Waals surface area (Å²) < 4.78 is 11.0. The Labute approximate surface area is 169 Å². The van der Waals surface area contributed by atoms with Gasteiger partial charge in [-0.15, -0.1) is 0 Å². The first kappa shape index (κ1) is 20.4. The summed E-state index contributed by atoms with van der Waals surface area (Å²) in [6.07, 6.45) is 0.521. The lowest BCUT2D eigenvalue weighted by atomic mass is 10.1. The third kappa shape index (κ3) is 5.34. The highest BCUT2D eigenvalue weighted by atomic mass is 16.5. The van der Waals surface area contributed by atoms with Crippen LogP contribution in [0, 0.1) is 0 Å². The minimum atomic E-state index is -0.554. The van der Waals surface area contributed by atoms with Gasteiger partial charge in [-0.2, -0.15) is 0 Å². The van der Waals surface area contributed by atoms with Gasteiger partial charge in [-0.3, -0.25) is 14.4 Å². The van der Waals surface area contributed by atoms with E-state index < -0.39 is 6.10 Å². The second kappa shape index (κ2) is 9.23. The van der Waals surface area contributed by atoms with Gasteiger partial charge in [0, 0.05) is 24.1 Å². The second-order valence-electron chi connectivity index (χ2n) is 6.80. The number of Topliss-reactive ketones (excluding diaryl/α,β-unsaturated/α-hetero) is 1. The summed E-state index contributed by atoms with van der Waals surface area (Å²) in [6.45, 7) is 4.32. The van der Waals surface area contributed by atoms with E-state index in [9.17, 15) is 14.4 Å². The summed E-state index contributed by atoms with van der Waals surface area (Å²) in [5, 5.41) is 5.47. The number of hydrogen-bond donors (Lipinski definition) is 2. The standard InChI is InChI=1S/C22H24N2O5/c1-3-12-28-17-7-4-15(5-8-17)19(25)9-11-21(26)23-16-6-10-20-18(13-16)24-22(27)14(2)29-20/h4-8,10,13-14H,3,9,11-12H2,1-2H3,(H,23,26)(H,24,27)/t14-/m0/s1. The van der Waals surface area contributed by atoms with Gasteiger partial charge in [0.15, 0.2) is 11.9 Å². The molecule has 1 heterocycles. The molecule has 1 aliphatic rings. The van der Waals surface area contributed by atoms with E-state index in [0.29, 0.717) is 29.3 Å². The van der Waals surface area contributed by atoms with Crippen LogP contribution in [0.5, 0.6) is 11.5 Å². The van der Waals surface area contributed by atoms with Gasteiger partial charge in [0.2, 0.25) is 5.91 Å². The van der Waals surface area contributed by atoms with E-state index in [1.54, 1.807) is 49.4 Å². The number of anilines is 2. The van der Waals surface area contributed by atoms with Gasteiger partial charge in [0.25, 0.3) is 5.91 Å². The zero-order valence-corrected chi connectivity index (χ0v) is 16.5. The van der Waals surface area contributed by atoms with Crippen LogP contribution in [-0.2, 0) is 9.59 Å². The summed E-state index contributed by atoms with van der Waals surface area (Å²) in [6, 6.07) is 11.9. The molecule has 7 nitrogen and oxygen atoms in total. The normalized spacial score (nSPS) is 15.0. The molecular weight excluding hydrogens is 372 g/mol. The van der Waals surface area contributed by atoms with Crippen molar-refractivity contribution >= 4 is 29.0 Å². The van der Waals surface area contributed by atoms with Gasteiger partial charge in [0.05, 0.1) is 12.3 Å². The zero-order chi connectivity index (χ0) is 20.8. The topological polar surface area (TPSA) is 93.7 Å². The summed E-state index contributed by atoms with van der Waals surface area (Å²) in [5.41, 5.74) is 1.58. The largest absolute Gasteiger partial charge is 0.494 e. The average Bonchev–Trinajstić information content (AvgIpc) is 2.72. The Morgan fingerprint density at radius 2 is 1.90 bits per heavy atom. The number of rotatable bonds is 8. The van der Waals surface area contributed by atoms with Crippen molar-refractivity contribution < 1.29 is 23.9 Å². The van der Waals surface area contributed by atoms with E-state index in [2.05, 4.69) is 10.6 Å². The molecule has 2 N–H and O–H groups in total. The molecule has 0 aliphatic carbocycles. The molecule has 1 aliphatic heterocycles. The minimum Gasteiger partial charge on any atom is -0.494 e. The molecule has 3 rings (SSSR count). The van der Waals surface area contributed by atoms with Crippen LogP contribution in [0.15, 0.2) is 42.5 Å². The predicted octanol–water partition coefficient (Wildman–Crippen LogP) is 3.80. The fraction of sp³-hybridized carbons (Fsp3) is 0.318. The van der Waals surface area contributed by atoms with Crippen molar-refractivity contribution in [3.05, 3.63) is 48.0 Å². The molecule has 0 radical (unpaired) electrons. The van der Waals surface area contributed by atoms with E-state index >= 15 is 0 Å². The Kier molecular flexibility index (Phi) is 6.49. The van der Waals surface area contributed by atoms with Crippen LogP contribution >= 0.6 is 0 Å². The quantitative estimate of drug-likeness (QED) is 0.662. The van der Waals surface area contributed by atoms with Gasteiger partial charge >= 0.3 is 0 Å². The highest BCUT2D eigenvalue weighted by molar-refractivity contribution is 6.01. The van der Waals surface area contributed by atoms with Crippen molar-refractivity contribution in [2.24, 2.45) is 0 Å². The molecule has 7 heteroatoms. The zero-order valence-electron chi connectivity index (χ0n) is 16.5. The van der Waals surface area contributed by atoms with Crippen molar-refractivity contribution in [1.82, 2.24) is 0 Å². The van der Waals surface area contributed by atoms with Gasteiger partial charge in [-0.25, -0.2) is 0 Å². The molecule has 2 amide bonds. The molecule has 29 heavy (non-hydrogen) atoms. The molecule has 0 saturated carbocycles. The summed E-state index contributed by atoms with van der Waals surface area (Å²) in [5.74, 6) is 0.647. The first-order valence-corrected chi connectivity index (χ1v) is 9.63. The lowest BCUT2D eigenvalue weighted by molar-refractivity contribution is -0.122. The summed E-state index contributed by atoms with van der Waals surface area (Å²) >= 11 is 0. The molecular formula is C22H24N2O5. The fourth-order valence-electron chi connectivity index (χ4n) is 2.84. The van der Waals surface area contributed by atoms with E-state index in [1.165, 1.54) is 0 Å². The van der Waals surface area contributed by atoms with Crippen LogP contribution < -0.4 is 20.1 Å². The maximum absolute atomic E-state index is 12.3. The highest BCUT2D eigenvalue weighted by Gasteiger charge is 2.23. The first-order valence-electron chi connectivity index (χ1n) is 9.63. The van der Waals surface area contributed by atoms with Crippen LogP contribution in [0.3, 0.4) is 0 Å². The number of ether oxygens (including phenoxy) is 2. The number of amides is 2. The van der Waals surface area contributed by atoms with E-state index in [4.69, 9.17) is 9.47 Å². The fourth-order valence-corrected chi connectivity index (χ4v) is 2.84. The van der Waals surface area contributed by atoms with Gasteiger partial charge in [-0.1, -0.05) is 6.92 Å². The molecule has 2 aromatic carbocycles. The van der Waals surface area contributed by atoms with Crippen molar-refractivity contribution in [1.29, 1.82) is 0 Å². The highest BCUT2D eigenvalue weighted by Crippen LogP contribution is 2.32. The molecule has 2 aromatic rings. The van der Waals surface area contributed by atoms with E-state index in [1.807, 2.05) is 6.92 Å².